The van der Waals surface area contributed by atoms with E-state index < -0.39 is 0 Å². The van der Waals surface area contributed by atoms with Gasteiger partial charge < -0.3 is 14.4 Å². The van der Waals surface area contributed by atoms with Crippen LogP contribution >= 0.6 is 0 Å². The van der Waals surface area contributed by atoms with Crippen LogP contribution in [0.4, 0.5) is 0 Å². The van der Waals surface area contributed by atoms with Crippen molar-refractivity contribution < 1.29 is 9.84 Å². The molecule has 3 aromatic rings. The molecule has 29 heavy (non-hydrogen) atoms. The summed E-state index contributed by atoms with van der Waals surface area (Å²) < 4.78 is 7.70. The zero-order chi connectivity index (χ0) is 21.1. The van der Waals surface area contributed by atoms with Crippen molar-refractivity contribution in [2.45, 2.75) is 58.8 Å². The third-order valence-corrected chi connectivity index (χ3v) is 5.66. The van der Waals surface area contributed by atoms with Crippen LogP contribution in [-0.2, 0) is 13.5 Å². The Kier molecular flexibility index (Phi) is 6.58. The van der Waals surface area contributed by atoms with Crippen molar-refractivity contribution in [3.63, 3.8) is 0 Å². The van der Waals surface area contributed by atoms with E-state index in [9.17, 15) is 5.11 Å². The molecule has 0 saturated heterocycles. The summed E-state index contributed by atoms with van der Waals surface area (Å²) in [5, 5.41) is 11.1. The molecule has 0 saturated carbocycles. The second-order valence-corrected chi connectivity index (χ2v) is 8.03. The van der Waals surface area contributed by atoms with Gasteiger partial charge in [0.2, 0.25) is 5.88 Å². The first-order valence-electron chi connectivity index (χ1n) is 10.6. The maximum absolute atomic E-state index is 9.92. The van der Waals surface area contributed by atoms with Gasteiger partial charge >= 0.3 is 0 Å². The lowest BCUT2D eigenvalue weighted by Crippen LogP contribution is -2.04. The number of methoxy groups -OCH3 is 1. The van der Waals surface area contributed by atoms with Crippen molar-refractivity contribution in [2.75, 3.05) is 13.7 Å². The van der Waals surface area contributed by atoms with Crippen LogP contribution in [0.2, 0.25) is 0 Å². The molecule has 0 aliphatic heterocycles. The van der Waals surface area contributed by atoms with Crippen molar-refractivity contribution in [2.24, 2.45) is 7.05 Å². The van der Waals surface area contributed by atoms with Crippen LogP contribution in [0.5, 0.6) is 5.88 Å². The van der Waals surface area contributed by atoms with Gasteiger partial charge in [-0.3, -0.25) is 0 Å². The summed E-state index contributed by atoms with van der Waals surface area (Å²) in [6.45, 7) is 8.71. The number of ether oxygens (including phenoxy) is 1. The molecule has 0 aliphatic rings. The highest BCUT2D eigenvalue weighted by atomic mass is 16.5. The molecule has 3 rings (SSSR count). The third kappa shape index (κ3) is 4.01. The van der Waals surface area contributed by atoms with Gasteiger partial charge in [0, 0.05) is 30.2 Å². The Bertz CT molecular complexity index is 991. The molecule has 5 nitrogen and oxygen atoms in total. The number of aliphatic hydroxyl groups excluding tert-OH is 1. The van der Waals surface area contributed by atoms with Crippen molar-refractivity contribution in [3.8, 4) is 17.1 Å². The summed E-state index contributed by atoms with van der Waals surface area (Å²) >= 11 is 0. The van der Waals surface area contributed by atoms with Gasteiger partial charge in [-0.05, 0) is 48.1 Å². The van der Waals surface area contributed by atoms with Crippen molar-refractivity contribution in [1.29, 1.82) is 0 Å². The summed E-state index contributed by atoms with van der Waals surface area (Å²) in [6.07, 6.45) is 4.99. The van der Waals surface area contributed by atoms with Crippen molar-refractivity contribution >= 4 is 11.0 Å². The molecule has 0 amide bonds. The smallest absolute Gasteiger partial charge is 0.222 e. The Morgan fingerprint density at radius 2 is 1.93 bits per heavy atom. The summed E-state index contributed by atoms with van der Waals surface area (Å²) in [5.41, 5.74) is 6.12. The van der Waals surface area contributed by atoms with Gasteiger partial charge in [0.15, 0.2) is 0 Å². The molecule has 0 bridgehead atoms. The fourth-order valence-electron chi connectivity index (χ4n) is 4.00. The fraction of sp³-hybridized carbons (Fsp3) is 0.500. The summed E-state index contributed by atoms with van der Waals surface area (Å²) in [5.74, 6) is 1.09. The highest BCUT2D eigenvalue weighted by Gasteiger charge is 2.21. The van der Waals surface area contributed by atoms with Crippen molar-refractivity contribution in [1.82, 2.24) is 14.5 Å². The molecule has 1 atom stereocenters. The molecule has 3 aromatic heterocycles. The average Bonchev–Trinajstić information content (AvgIpc) is 3.05. The summed E-state index contributed by atoms with van der Waals surface area (Å²) in [7, 11) is 3.68. The molecule has 0 aromatic carbocycles. The van der Waals surface area contributed by atoms with Gasteiger partial charge in [0.1, 0.15) is 5.65 Å². The minimum atomic E-state index is 0.141. The number of aryl methyl sites for hydroxylation is 2. The fourth-order valence-corrected chi connectivity index (χ4v) is 4.00. The summed E-state index contributed by atoms with van der Waals surface area (Å²) in [6, 6.07) is 6.38. The topological polar surface area (TPSA) is 60.2 Å². The Balaban J connectivity index is 2.21. The Morgan fingerprint density at radius 3 is 2.52 bits per heavy atom. The minimum Gasteiger partial charge on any atom is -0.480 e. The van der Waals surface area contributed by atoms with E-state index in [2.05, 4.69) is 56.7 Å². The highest BCUT2D eigenvalue weighted by Crippen LogP contribution is 2.36. The van der Waals surface area contributed by atoms with Gasteiger partial charge in [-0.25, -0.2) is 9.97 Å². The Labute approximate surface area is 173 Å². The first kappa shape index (κ1) is 21.3. The van der Waals surface area contributed by atoms with E-state index in [1.807, 2.05) is 7.05 Å². The molecule has 0 aliphatic carbocycles. The van der Waals surface area contributed by atoms with E-state index in [1.54, 1.807) is 7.11 Å². The predicted molar refractivity (Wildman–Crippen MR) is 119 cm³/mol. The van der Waals surface area contributed by atoms with E-state index in [0.717, 1.165) is 52.8 Å². The van der Waals surface area contributed by atoms with Crippen LogP contribution in [0.25, 0.3) is 22.3 Å². The quantitative estimate of drug-likeness (QED) is 0.569. The first-order valence-corrected chi connectivity index (χ1v) is 10.6. The minimum absolute atomic E-state index is 0.141. The normalized spacial score (nSPS) is 12.7. The monoisotopic (exact) mass is 395 g/mol. The van der Waals surface area contributed by atoms with Crippen LogP contribution in [-0.4, -0.2) is 33.4 Å². The number of aromatic nitrogens is 3. The van der Waals surface area contributed by atoms with Gasteiger partial charge in [0.25, 0.3) is 0 Å². The molecule has 3 heterocycles. The second kappa shape index (κ2) is 8.95. The molecular weight excluding hydrogens is 362 g/mol. The van der Waals surface area contributed by atoms with Gasteiger partial charge in [-0.15, -0.1) is 0 Å². The molecule has 5 heteroatoms. The van der Waals surface area contributed by atoms with Crippen LogP contribution in [0.3, 0.4) is 0 Å². The summed E-state index contributed by atoms with van der Waals surface area (Å²) in [4.78, 5) is 9.77. The molecule has 0 spiro atoms. The van der Waals surface area contributed by atoms with E-state index >= 15 is 0 Å². The number of fused-ring (bicyclic) bond motifs is 1. The van der Waals surface area contributed by atoms with E-state index in [0.29, 0.717) is 11.8 Å². The third-order valence-electron chi connectivity index (χ3n) is 5.66. The molecule has 0 unspecified atom stereocenters. The lowest BCUT2D eigenvalue weighted by atomic mass is 9.94. The molecular formula is C24H33N3O2. The van der Waals surface area contributed by atoms with E-state index in [-0.39, 0.29) is 12.5 Å². The Morgan fingerprint density at radius 1 is 1.17 bits per heavy atom. The zero-order valence-electron chi connectivity index (χ0n) is 18.5. The van der Waals surface area contributed by atoms with Crippen LogP contribution < -0.4 is 4.74 Å². The van der Waals surface area contributed by atoms with Crippen LogP contribution in [0.1, 0.15) is 69.2 Å². The van der Waals surface area contributed by atoms with E-state index in [4.69, 9.17) is 14.7 Å². The second-order valence-electron chi connectivity index (χ2n) is 8.03. The Hall–Kier alpha value is -2.40. The standard InChI is InChI=1S/C24H33N3O2/c1-7-9-17(14-28)20-13-27(5)23-19(20)12-16(8-2)22(26-23)18-10-11-21(15(3)4)25-24(18)29-6/h10-13,15,17,28H,7-9,14H2,1-6H3/t17-/m1/s1. The van der Waals surface area contributed by atoms with Crippen LogP contribution in [0, 0.1) is 0 Å². The maximum atomic E-state index is 9.92. The number of nitrogens with zero attached hydrogens (tertiary/aromatic N) is 3. The molecule has 0 radical (unpaired) electrons. The van der Waals surface area contributed by atoms with E-state index in [1.165, 1.54) is 5.56 Å². The van der Waals surface area contributed by atoms with Gasteiger partial charge in [0.05, 0.1) is 25.0 Å². The molecule has 0 fully saturated rings. The first-order chi connectivity index (χ1) is 13.9. The largest absolute Gasteiger partial charge is 0.480 e. The number of hydrogen-bond acceptors (Lipinski definition) is 4. The van der Waals surface area contributed by atoms with Crippen molar-refractivity contribution in [3.05, 3.63) is 41.2 Å². The number of pyridine rings is 2. The highest BCUT2D eigenvalue weighted by molar-refractivity contribution is 5.86. The predicted octanol–water partition coefficient (Wildman–Crippen LogP) is 5.21. The molecule has 1 N–H and O–H groups in total. The number of aliphatic hydroxyl groups is 1. The number of hydrogen-bond donors (Lipinski definition) is 1. The SMILES string of the molecule is CCC[C@H](CO)c1cn(C)c2nc(-c3ccc(C(C)C)nc3OC)c(CC)cc12. The number of rotatable bonds is 8. The van der Waals surface area contributed by atoms with Crippen LogP contribution in [0.15, 0.2) is 24.4 Å². The van der Waals surface area contributed by atoms with Gasteiger partial charge in [-0.2, -0.15) is 0 Å². The lowest BCUT2D eigenvalue weighted by molar-refractivity contribution is 0.259. The average molecular weight is 396 g/mol. The molecule has 156 valence electrons. The van der Waals surface area contributed by atoms with Gasteiger partial charge in [-0.1, -0.05) is 34.1 Å². The zero-order valence-corrected chi connectivity index (χ0v) is 18.5. The maximum Gasteiger partial charge on any atom is 0.222 e. The lowest BCUT2D eigenvalue weighted by Gasteiger charge is -2.15.